The highest BCUT2D eigenvalue weighted by atomic mass is 32.2. The molecule has 4 rings (SSSR count). The highest BCUT2D eigenvalue weighted by Crippen LogP contribution is 2.22. The van der Waals surface area contributed by atoms with E-state index in [1.807, 2.05) is 60.7 Å². The number of nitrogens with zero attached hydrogens (tertiary/aromatic N) is 2. The molecule has 3 aromatic carbocycles. The number of sulfone groups is 1. The van der Waals surface area contributed by atoms with E-state index in [-0.39, 0.29) is 10.5 Å². The van der Waals surface area contributed by atoms with Crippen molar-refractivity contribution in [1.82, 2.24) is 9.78 Å². The van der Waals surface area contributed by atoms with E-state index in [1.54, 1.807) is 24.4 Å². The van der Waals surface area contributed by atoms with Crippen LogP contribution >= 0.6 is 0 Å². The summed E-state index contributed by atoms with van der Waals surface area (Å²) >= 11 is 0. The molecule has 0 spiro atoms. The molecule has 0 bridgehead atoms. The van der Waals surface area contributed by atoms with Crippen molar-refractivity contribution in [2.45, 2.75) is 11.3 Å². The van der Waals surface area contributed by atoms with Gasteiger partial charge in [-0.2, -0.15) is 9.78 Å². The van der Waals surface area contributed by atoms with Gasteiger partial charge in [-0.3, -0.25) is 4.79 Å². The number of hydrogen-bond donors (Lipinski definition) is 0. The van der Waals surface area contributed by atoms with Gasteiger partial charge in [-0.25, -0.2) is 8.42 Å². The number of rotatable bonds is 5. The Kier molecular flexibility index (Phi) is 5.33. The van der Waals surface area contributed by atoms with Crippen molar-refractivity contribution in [1.29, 1.82) is 0 Å². The van der Waals surface area contributed by atoms with Crippen molar-refractivity contribution < 1.29 is 8.42 Å². The summed E-state index contributed by atoms with van der Waals surface area (Å²) in [5, 5.41) is 4.27. The summed E-state index contributed by atoms with van der Waals surface area (Å²) in [6.45, 7) is 0. The minimum atomic E-state index is -3.44. The van der Waals surface area contributed by atoms with E-state index in [2.05, 4.69) is 5.10 Å². The maximum absolute atomic E-state index is 13.3. The van der Waals surface area contributed by atoms with Crippen LogP contribution < -0.4 is 5.56 Å². The van der Waals surface area contributed by atoms with Crippen LogP contribution in [0.4, 0.5) is 0 Å². The van der Waals surface area contributed by atoms with Gasteiger partial charge < -0.3 is 0 Å². The summed E-state index contributed by atoms with van der Waals surface area (Å²) in [6.07, 6.45) is 3.26. The molecule has 150 valence electrons. The van der Waals surface area contributed by atoms with Gasteiger partial charge >= 0.3 is 0 Å². The normalized spacial score (nSPS) is 11.4. The SMILES string of the molecule is CS(=O)(=O)c1ccc(Cc2ccccc2)c(-n2nccc(-c3ccccc3)c2=O)c1. The summed E-state index contributed by atoms with van der Waals surface area (Å²) < 4.78 is 25.6. The Morgan fingerprint density at radius 3 is 2.20 bits per heavy atom. The van der Waals surface area contributed by atoms with Gasteiger partial charge in [0.15, 0.2) is 9.84 Å². The first kappa shape index (κ1) is 19.8. The summed E-state index contributed by atoms with van der Waals surface area (Å²) in [6, 6.07) is 25.7. The largest absolute Gasteiger partial charge is 0.279 e. The highest BCUT2D eigenvalue weighted by molar-refractivity contribution is 7.90. The van der Waals surface area contributed by atoms with Crippen LogP contribution in [0.5, 0.6) is 0 Å². The van der Waals surface area contributed by atoms with Crippen LogP contribution in [0.15, 0.2) is 101 Å². The molecule has 0 aliphatic rings. The second-order valence-electron chi connectivity index (χ2n) is 7.05. The Bertz CT molecular complexity index is 1350. The van der Waals surface area contributed by atoms with Gasteiger partial charge in [0.05, 0.1) is 16.1 Å². The molecule has 0 atom stereocenters. The molecule has 0 aliphatic heterocycles. The molecule has 0 saturated heterocycles. The number of aromatic nitrogens is 2. The van der Waals surface area contributed by atoms with Crippen molar-refractivity contribution in [3.63, 3.8) is 0 Å². The first-order valence-electron chi connectivity index (χ1n) is 9.44. The zero-order valence-corrected chi connectivity index (χ0v) is 17.2. The molecule has 1 heterocycles. The number of benzene rings is 3. The lowest BCUT2D eigenvalue weighted by Crippen LogP contribution is -2.23. The molecule has 4 aromatic rings. The van der Waals surface area contributed by atoms with Gasteiger partial charge in [-0.05, 0) is 41.3 Å². The molecule has 0 aliphatic carbocycles. The summed E-state index contributed by atoms with van der Waals surface area (Å²) in [4.78, 5) is 13.4. The molecular weight excluding hydrogens is 396 g/mol. The summed E-state index contributed by atoms with van der Waals surface area (Å²) in [7, 11) is -3.44. The minimum absolute atomic E-state index is 0.146. The fourth-order valence-corrected chi connectivity index (χ4v) is 4.00. The predicted octanol–water partition coefficient (Wildman–Crippen LogP) is 3.89. The van der Waals surface area contributed by atoms with Gasteiger partial charge in [0.2, 0.25) is 0 Å². The second-order valence-corrected chi connectivity index (χ2v) is 9.07. The quantitative estimate of drug-likeness (QED) is 0.495. The number of hydrogen-bond acceptors (Lipinski definition) is 4. The maximum Gasteiger partial charge on any atom is 0.279 e. The molecule has 0 saturated carbocycles. The van der Waals surface area contributed by atoms with Crippen molar-refractivity contribution in [2.24, 2.45) is 0 Å². The first-order valence-corrected chi connectivity index (χ1v) is 11.3. The first-order chi connectivity index (χ1) is 14.4. The molecule has 0 unspecified atom stereocenters. The van der Waals surface area contributed by atoms with Crippen LogP contribution in [-0.4, -0.2) is 24.5 Å². The average molecular weight is 417 g/mol. The van der Waals surface area contributed by atoms with Crippen LogP contribution in [0.3, 0.4) is 0 Å². The Hall–Kier alpha value is -3.51. The lowest BCUT2D eigenvalue weighted by atomic mass is 10.0. The third-order valence-electron chi connectivity index (χ3n) is 4.88. The van der Waals surface area contributed by atoms with Crippen LogP contribution in [0.2, 0.25) is 0 Å². The molecule has 0 amide bonds. The molecule has 6 heteroatoms. The van der Waals surface area contributed by atoms with E-state index >= 15 is 0 Å². The van der Waals surface area contributed by atoms with E-state index in [4.69, 9.17) is 0 Å². The molecule has 5 nitrogen and oxygen atoms in total. The van der Waals surface area contributed by atoms with E-state index in [0.29, 0.717) is 17.7 Å². The molecule has 0 N–H and O–H groups in total. The molecule has 0 radical (unpaired) electrons. The molecule has 0 fully saturated rings. The van der Waals surface area contributed by atoms with Gasteiger partial charge in [-0.15, -0.1) is 0 Å². The molecule has 30 heavy (non-hydrogen) atoms. The monoisotopic (exact) mass is 416 g/mol. The molecule has 1 aromatic heterocycles. The van der Waals surface area contributed by atoms with Crippen molar-refractivity contribution in [3.05, 3.63) is 113 Å². The third kappa shape index (κ3) is 4.09. The Morgan fingerprint density at radius 1 is 0.867 bits per heavy atom. The van der Waals surface area contributed by atoms with Crippen molar-refractivity contribution >= 4 is 9.84 Å². The third-order valence-corrected chi connectivity index (χ3v) is 5.99. The second kappa shape index (κ2) is 8.08. The Labute approximate surface area is 175 Å². The van der Waals surface area contributed by atoms with Crippen LogP contribution in [-0.2, 0) is 16.3 Å². The lowest BCUT2D eigenvalue weighted by molar-refractivity contribution is 0.601. The minimum Gasteiger partial charge on any atom is -0.267 e. The van der Waals surface area contributed by atoms with E-state index in [9.17, 15) is 13.2 Å². The zero-order chi connectivity index (χ0) is 21.1. The Balaban J connectivity index is 1.92. The van der Waals surface area contributed by atoms with Gasteiger partial charge in [-0.1, -0.05) is 66.7 Å². The van der Waals surface area contributed by atoms with Crippen molar-refractivity contribution in [2.75, 3.05) is 6.26 Å². The van der Waals surface area contributed by atoms with Crippen LogP contribution in [0.1, 0.15) is 11.1 Å². The average Bonchev–Trinajstić information content (AvgIpc) is 2.75. The highest BCUT2D eigenvalue weighted by Gasteiger charge is 2.16. The van der Waals surface area contributed by atoms with E-state index in [0.717, 1.165) is 22.9 Å². The van der Waals surface area contributed by atoms with Crippen LogP contribution in [0, 0.1) is 0 Å². The van der Waals surface area contributed by atoms with E-state index < -0.39 is 9.84 Å². The topological polar surface area (TPSA) is 69.0 Å². The maximum atomic E-state index is 13.3. The van der Waals surface area contributed by atoms with Gasteiger partial charge in [0.1, 0.15) is 0 Å². The van der Waals surface area contributed by atoms with Crippen molar-refractivity contribution in [3.8, 4) is 16.8 Å². The smallest absolute Gasteiger partial charge is 0.267 e. The fraction of sp³-hybridized carbons (Fsp3) is 0.0833. The summed E-state index contributed by atoms with van der Waals surface area (Å²) in [5.74, 6) is 0. The predicted molar refractivity (Wildman–Crippen MR) is 118 cm³/mol. The zero-order valence-electron chi connectivity index (χ0n) is 16.4. The van der Waals surface area contributed by atoms with E-state index in [1.165, 1.54) is 10.7 Å². The summed E-state index contributed by atoms with van der Waals surface area (Å²) in [5.41, 5.74) is 3.31. The van der Waals surface area contributed by atoms with Gasteiger partial charge in [0.25, 0.3) is 5.56 Å². The van der Waals surface area contributed by atoms with Crippen LogP contribution in [0.25, 0.3) is 16.8 Å². The standard InChI is InChI=1S/C24H20N2O3S/c1-30(28,29)21-13-12-20(16-18-8-4-2-5-9-18)23(17-21)26-24(27)22(14-15-25-26)19-10-6-3-7-11-19/h2-15,17H,16H2,1H3. The lowest BCUT2D eigenvalue weighted by Gasteiger charge is -2.14. The fourth-order valence-electron chi connectivity index (χ4n) is 3.36. The van der Waals surface area contributed by atoms with Gasteiger partial charge in [0, 0.05) is 12.5 Å². The molecular formula is C24H20N2O3S. The Morgan fingerprint density at radius 2 is 1.53 bits per heavy atom.